The van der Waals surface area contributed by atoms with Crippen molar-refractivity contribution in [3.05, 3.63) is 29.8 Å². The van der Waals surface area contributed by atoms with E-state index in [2.05, 4.69) is 0 Å². The Hall–Kier alpha value is -0.870. The third-order valence-corrected chi connectivity index (χ3v) is 5.55. The van der Waals surface area contributed by atoms with Crippen molar-refractivity contribution in [1.82, 2.24) is 0 Å². The van der Waals surface area contributed by atoms with E-state index in [1.165, 1.54) is 0 Å². The Kier molecular flexibility index (Phi) is 3.30. The van der Waals surface area contributed by atoms with Gasteiger partial charge >= 0.3 is 0 Å². The molecule has 2 rings (SSSR count). The molecule has 0 heterocycles. The van der Waals surface area contributed by atoms with Gasteiger partial charge in [0, 0.05) is 0 Å². The first-order valence-corrected chi connectivity index (χ1v) is 7.13. The zero-order chi connectivity index (χ0) is 11.6. The van der Waals surface area contributed by atoms with E-state index in [1.807, 2.05) is 0 Å². The maximum Gasteiger partial charge on any atom is 0.181 e. The van der Waals surface area contributed by atoms with Crippen LogP contribution in [0.3, 0.4) is 0 Å². The highest BCUT2D eigenvalue weighted by atomic mass is 32.2. The molecular weight excluding hydrogens is 224 g/mol. The first-order valence-electron chi connectivity index (χ1n) is 5.59. The molecule has 0 radical (unpaired) electrons. The van der Waals surface area contributed by atoms with E-state index in [9.17, 15) is 8.42 Å². The van der Waals surface area contributed by atoms with Crippen molar-refractivity contribution < 1.29 is 13.5 Å². The number of aliphatic hydroxyl groups is 1. The lowest BCUT2D eigenvalue weighted by Crippen LogP contribution is -2.19. The number of hydrogen-bond acceptors (Lipinski definition) is 3. The predicted octanol–water partition coefficient (Wildman–Crippen LogP) is 1.90. The summed E-state index contributed by atoms with van der Waals surface area (Å²) in [5, 5.41) is 8.91. The molecule has 3 nitrogen and oxygen atoms in total. The zero-order valence-corrected chi connectivity index (χ0v) is 9.91. The summed E-state index contributed by atoms with van der Waals surface area (Å²) >= 11 is 0. The van der Waals surface area contributed by atoms with Crippen LogP contribution in [-0.4, -0.2) is 18.8 Å². The molecule has 4 heteroatoms. The van der Waals surface area contributed by atoms with E-state index >= 15 is 0 Å². The van der Waals surface area contributed by atoms with Gasteiger partial charge in [-0.25, -0.2) is 8.42 Å². The number of hydrogen-bond donors (Lipinski definition) is 1. The van der Waals surface area contributed by atoms with Crippen molar-refractivity contribution in [2.75, 3.05) is 0 Å². The normalized spacial score (nSPS) is 17.8. The van der Waals surface area contributed by atoms with Crippen LogP contribution in [0.5, 0.6) is 0 Å². The molecule has 0 spiro atoms. The van der Waals surface area contributed by atoms with Crippen LogP contribution in [0.1, 0.15) is 31.2 Å². The highest BCUT2D eigenvalue weighted by Crippen LogP contribution is 2.30. The van der Waals surface area contributed by atoms with Crippen LogP contribution in [0.25, 0.3) is 0 Å². The third-order valence-electron chi connectivity index (χ3n) is 3.19. The molecule has 1 fully saturated rings. The summed E-state index contributed by atoms with van der Waals surface area (Å²) in [6, 6.07) is 6.72. The molecule has 1 aromatic rings. The van der Waals surface area contributed by atoms with Crippen LogP contribution in [0.2, 0.25) is 0 Å². The highest BCUT2D eigenvalue weighted by molar-refractivity contribution is 7.92. The molecule has 0 atom stereocenters. The van der Waals surface area contributed by atoms with Gasteiger partial charge in [0.2, 0.25) is 0 Å². The van der Waals surface area contributed by atoms with E-state index < -0.39 is 9.84 Å². The average Bonchev–Trinajstić information content (AvgIpc) is 2.83. The van der Waals surface area contributed by atoms with Crippen LogP contribution >= 0.6 is 0 Å². The van der Waals surface area contributed by atoms with Crippen molar-refractivity contribution in [2.45, 2.75) is 42.4 Å². The van der Waals surface area contributed by atoms with Crippen LogP contribution in [0.4, 0.5) is 0 Å². The van der Waals surface area contributed by atoms with Crippen molar-refractivity contribution >= 4 is 9.84 Å². The van der Waals surface area contributed by atoms with E-state index in [4.69, 9.17) is 5.11 Å². The van der Waals surface area contributed by atoms with E-state index in [-0.39, 0.29) is 11.9 Å². The Bertz CT molecular complexity index is 459. The molecule has 1 aliphatic carbocycles. The largest absolute Gasteiger partial charge is 0.392 e. The summed E-state index contributed by atoms with van der Waals surface area (Å²) in [4.78, 5) is 0.310. The molecule has 0 unspecified atom stereocenters. The molecule has 1 N–H and O–H groups in total. The van der Waals surface area contributed by atoms with Gasteiger partial charge in [0.15, 0.2) is 9.84 Å². The Morgan fingerprint density at radius 3 is 2.44 bits per heavy atom. The smallest absolute Gasteiger partial charge is 0.181 e. The third kappa shape index (κ3) is 1.99. The molecule has 1 saturated carbocycles. The van der Waals surface area contributed by atoms with Gasteiger partial charge in [-0.2, -0.15) is 0 Å². The van der Waals surface area contributed by atoms with Crippen molar-refractivity contribution in [2.24, 2.45) is 0 Å². The lowest BCUT2D eigenvalue weighted by atomic mass is 10.2. The highest BCUT2D eigenvalue weighted by Gasteiger charge is 2.31. The molecule has 0 amide bonds. The van der Waals surface area contributed by atoms with Gasteiger partial charge in [-0.1, -0.05) is 31.0 Å². The second-order valence-electron chi connectivity index (χ2n) is 4.22. The standard InChI is InChI=1S/C12H16O3S/c13-9-10-5-1-4-8-12(10)16(14,15)11-6-2-3-7-11/h1,4-5,8,11,13H,2-3,6-7,9H2. The van der Waals surface area contributed by atoms with Crippen LogP contribution < -0.4 is 0 Å². The molecule has 1 aromatic carbocycles. The first-order chi connectivity index (χ1) is 7.66. The predicted molar refractivity (Wildman–Crippen MR) is 61.8 cm³/mol. The average molecular weight is 240 g/mol. The minimum Gasteiger partial charge on any atom is -0.392 e. The van der Waals surface area contributed by atoms with Crippen LogP contribution in [-0.2, 0) is 16.4 Å². The number of aliphatic hydroxyl groups excluding tert-OH is 1. The topological polar surface area (TPSA) is 54.4 Å². The van der Waals surface area contributed by atoms with Crippen molar-refractivity contribution in [3.8, 4) is 0 Å². The Morgan fingerprint density at radius 2 is 1.81 bits per heavy atom. The van der Waals surface area contributed by atoms with E-state index in [0.717, 1.165) is 25.7 Å². The summed E-state index contributed by atoms with van der Waals surface area (Å²) in [7, 11) is -3.24. The quantitative estimate of drug-likeness (QED) is 0.878. The molecule has 0 saturated heterocycles. The Labute approximate surface area is 96.0 Å². The number of sulfone groups is 1. The lowest BCUT2D eigenvalue weighted by Gasteiger charge is -2.13. The summed E-state index contributed by atoms with van der Waals surface area (Å²) in [5.74, 6) is 0. The van der Waals surface area contributed by atoms with Crippen molar-refractivity contribution in [1.29, 1.82) is 0 Å². The summed E-state index contributed by atoms with van der Waals surface area (Å²) in [5.41, 5.74) is 0.509. The molecule has 0 aliphatic heterocycles. The monoisotopic (exact) mass is 240 g/mol. The molecule has 88 valence electrons. The molecule has 16 heavy (non-hydrogen) atoms. The number of rotatable bonds is 3. The lowest BCUT2D eigenvalue weighted by molar-refractivity contribution is 0.278. The fourth-order valence-corrected chi connectivity index (χ4v) is 4.37. The minimum atomic E-state index is -3.24. The maximum absolute atomic E-state index is 12.3. The number of benzene rings is 1. The van der Waals surface area contributed by atoms with Gasteiger partial charge in [-0.15, -0.1) is 0 Å². The van der Waals surface area contributed by atoms with Gasteiger partial charge in [0.25, 0.3) is 0 Å². The van der Waals surface area contributed by atoms with Crippen molar-refractivity contribution in [3.63, 3.8) is 0 Å². The van der Waals surface area contributed by atoms with Gasteiger partial charge < -0.3 is 5.11 Å². The second-order valence-corrected chi connectivity index (χ2v) is 6.41. The summed E-state index contributed by atoms with van der Waals surface area (Å²) in [6.07, 6.45) is 3.49. The molecule has 1 aliphatic rings. The minimum absolute atomic E-state index is 0.220. The van der Waals surface area contributed by atoms with Gasteiger partial charge in [0.1, 0.15) is 0 Å². The molecule has 0 aromatic heterocycles. The summed E-state index contributed by atoms with van der Waals surface area (Å²) < 4.78 is 24.6. The molecular formula is C12H16O3S. The van der Waals surface area contributed by atoms with Gasteiger partial charge in [-0.3, -0.25) is 0 Å². The fourth-order valence-electron chi connectivity index (χ4n) is 2.29. The zero-order valence-electron chi connectivity index (χ0n) is 9.09. The van der Waals surface area contributed by atoms with E-state index in [0.29, 0.717) is 10.5 Å². The first kappa shape index (κ1) is 11.6. The van der Waals surface area contributed by atoms with E-state index in [1.54, 1.807) is 24.3 Å². The Morgan fingerprint density at radius 1 is 1.19 bits per heavy atom. The molecule has 0 bridgehead atoms. The second kappa shape index (κ2) is 4.55. The summed E-state index contributed by atoms with van der Waals surface area (Å²) in [6.45, 7) is -0.220. The Balaban J connectivity index is 2.42. The van der Waals surface area contributed by atoms with Crippen LogP contribution in [0.15, 0.2) is 29.2 Å². The van der Waals surface area contributed by atoms with Gasteiger partial charge in [-0.05, 0) is 24.5 Å². The maximum atomic E-state index is 12.3. The van der Waals surface area contributed by atoms with Gasteiger partial charge in [0.05, 0.1) is 16.8 Å². The van der Waals surface area contributed by atoms with Crippen LogP contribution in [0, 0.1) is 0 Å². The SMILES string of the molecule is O=S(=O)(c1ccccc1CO)C1CCCC1. The fraction of sp³-hybridized carbons (Fsp3) is 0.500.